The third-order valence-electron chi connectivity index (χ3n) is 3.21. The molecule has 0 saturated heterocycles. The summed E-state index contributed by atoms with van der Waals surface area (Å²) in [6.45, 7) is 4.89. The Bertz CT molecular complexity index is 528. The van der Waals surface area contributed by atoms with Crippen LogP contribution in [0.25, 0.3) is 0 Å². The normalized spacial score (nSPS) is 13.3. The highest BCUT2D eigenvalue weighted by atomic mass is 16.4. The summed E-state index contributed by atoms with van der Waals surface area (Å²) in [5.74, 6) is -2.07. The fourth-order valence-electron chi connectivity index (χ4n) is 2.07. The zero-order valence-corrected chi connectivity index (χ0v) is 13.0. The van der Waals surface area contributed by atoms with Gasteiger partial charge in [0.2, 0.25) is 11.8 Å². The average Bonchev–Trinajstić information content (AvgIpc) is 2.44. The first kappa shape index (κ1) is 17.7. The van der Waals surface area contributed by atoms with Gasteiger partial charge in [-0.3, -0.25) is 9.59 Å². The van der Waals surface area contributed by atoms with E-state index in [1.54, 1.807) is 26.0 Å². The van der Waals surface area contributed by atoms with Gasteiger partial charge in [0, 0.05) is 13.3 Å². The van der Waals surface area contributed by atoms with Crippen molar-refractivity contribution in [3.05, 3.63) is 35.9 Å². The number of carbonyl (C=O) groups is 3. The molecule has 0 unspecified atom stereocenters. The SMILES string of the molecule is CC(=O)N[C@@H](C(=O)N[C@@H](Cc1ccccc1)C(=O)O)C(C)C. The molecule has 22 heavy (non-hydrogen) atoms. The van der Waals surface area contributed by atoms with Gasteiger partial charge >= 0.3 is 5.97 Å². The Morgan fingerprint density at radius 2 is 1.68 bits per heavy atom. The third kappa shape index (κ3) is 5.55. The zero-order valence-electron chi connectivity index (χ0n) is 13.0. The summed E-state index contributed by atoms with van der Waals surface area (Å²) in [5.41, 5.74) is 0.816. The highest BCUT2D eigenvalue weighted by Gasteiger charge is 2.27. The van der Waals surface area contributed by atoms with E-state index in [1.165, 1.54) is 6.92 Å². The second-order valence-electron chi connectivity index (χ2n) is 5.51. The van der Waals surface area contributed by atoms with Crippen molar-refractivity contribution in [3.63, 3.8) is 0 Å². The largest absolute Gasteiger partial charge is 0.480 e. The van der Waals surface area contributed by atoms with Crippen LogP contribution in [0.1, 0.15) is 26.3 Å². The standard InChI is InChI=1S/C16H22N2O4/c1-10(2)14(17-11(3)19)15(20)18-13(16(21)22)9-12-7-5-4-6-8-12/h4-8,10,13-14H,9H2,1-3H3,(H,17,19)(H,18,20)(H,21,22)/t13-,14+/m0/s1. The fourth-order valence-corrected chi connectivity index (χ4v) is 2.07. The van der Waals surface area contributed by atoms with Gasteiger partial charge in [0.15, 0.2) is 0 Å². The minimum Gasteiger partial charge on any atom is -0.480 e. The molecule has 2 atom stereocenters. The van der Waals surface area contributed by atoms with Crippen molar-refractivity contribution >= 4 is 17.8 Å². The van der Waals surface area contributed by atoms with Crippen molar-refractivity contribution in [2.24, 2.45) is 5.92 Å². The Labute approximate surface area is 129 Å². The monoisotopic (exact) mass is 306 g/mol. The van der Waals surface area contributed by atoms with Gasteiger partial charge in [0.05, 0.1) is 0 Å². The maximum absolute atomic E-state index is 12.2. The first-order chi connectivity index (χ1) is 10.3. The topological polar surface area (TPSA) is 95.5 Å². The molecule has 1 rings (SSSR count). The molecular formula is C16H22N2O4. The van der Waals surface area contributed by atoms with E-state index in [-0.39, 0.29) is 18.2 Å². The van der Waals surface area contributed by atoms with Crippen LogP contribution in [0.5, 0.6) is 0 Å². The maximum atomic E-state index is 12.2. The van der Waals surface area contributed by atoms with Crippen LogP contribution in [0.4, 0.5) is 0 Å². The van der Waals surface area contributed by atoms with Gasteiger partial charge in [-0.1, -0.05) is 44.2 Å². The zero-order chi connectivity index (χ0) is 16.7. The van der Waals surface area contributed by atoms with Crippen molar-refractivity contribution in [1.29, 1.82) is 0 Å². The summed E-state index contributed by atoms with van der Waals surface area (Å²) >= 11 is 0. The number of amides is 2. The number of aliphatic carboxylic acids is 1. The number of nitrogens with one attached hydrogen (secondary N) is 2. The van der Waals surface area contributed by atoms with Gasteiger partial charge < -0.3 is 15.7 Å². The smallest absolute Gasteiger partial charge is 0.326 e. The molecule has 2 amide bonds. The Morgan fingerprint density at radius 3 is 2.14 bits per heavy atom. The molecule has 0 fully saturated rings. The first-order valence-corrected chi connectivity index (χ1v) is 7.15. The minimum absolute atomic E-state index is 0.143. The minimum atomic E-state index is -1.11. The summed E-state index contributed by atoms with van der Waals surface area (Å²) in [7, 11) is 0. The van der Waals surface area contributed by atoms with E-state index in [4.69, 9.17) is 0 Å². The Balaban J connectivity index is 2.78. The van der Waals surface area contributed by atoms with E-state index in [2.05, 4.69) is 10.6 Å². The number of hydrogen-bond donors (Lipinski definition) is 3. The molecule has 0 aliphatic rings. The summed E-state index contributed by atoms with van der Waals surface area (Å²) in [4.78, 5) is 34.8. The number of rotatable bonds is 7. The second-order valence-corrected chi connectivity index (χ2v) is 5.51. The molecule has 0 radical (unpaired) electrons. The summed E-state index contributed by atoms with van der Waals surface area (Å²) in [6, 6.07) is 7.27. The van der Waals surface area contributed by atoms with Crippen LogP contribution in [-0.2, 0) is 20.8 Å². The molecule has 0 bridgehead atoms. The van der Waals surface area contributed by atoms with E-state index in [0.717, 1.165) is 5.56 Å². The van der Waals surface area contributed by atoms with E-state index in [9.17, 15) is 19.5 Å². The van der Waals surface area contributed by atoms with Crippen LogP contribution >= 0.6 is 0 Å². The molecule has 120 valence electrons. The van der Waals surface area contributed by atoms with Crippen LogP contribution in [0.2, 0.25) is 0 Å². The van der Waals surface area contributed by atoms with Gasteiger partial charge in [0.25, 0.3) is 0 Å². The predicted molar refractivity (Wildman–Crippen MR) is 82.2 cm³/mol. The van der Waals surface area contributed by atoms with Gasteiger partial charge in [-0.15, -0.1) is 0 Å². The molecule has 6 nitrogen and oxygen atoms in total. The van der Waals surface area contributed by atoms with Crippen molar-refractivity contribution in [1.82, 2.24) is 10.6 Å². The number of hydrogen-bond acceptors (Lipinski definition) is 3. The molecule has 3 N–H and O–H groups in total. The molecule has 1 aromatic rings. The van der Waals surface area contributed by atoms with Crippen LogP contribution < -0.4 is 10.6 Å². The van der Waals surface area contributed by atoms with Gasteiger partial charge in [0.1, 0.15) is 12.1 Å². The third-order valence-corrected chi connectivity index (χ3v) is 3.21. The van der Waals surface area contributed by atoms with Crippen LogP contribution in [-0.4, -0.2) is 35.0 Å². The lowest BCUT2D eigenvalue weighted by Crippen LogP contribution is -2.53. The lowest BCUT2D eigenvalue weighted by Gasteiger charge is -2.23. The lowest BCUT2D eigenvalue weighted by atomic mass is 10.0. The molecular weight excluding hydrogens is 284 g/mol. The number of carboxylic acids is 1. The highest BCUT2D eigenvalue weighted by molar-refractivity contribution is 5.90. The fraction of sp³-hybridized carbons (Fsp3) is 0.438. The van der Waals surface area contributed by atoms with E-state index >= 15 is 0 Å². The Morgan fingerprint density at radius 1 is 1.09 bits per heavy atom. The molecule has 0 aliphatic heterocycles. The summed E-state index contributed by atoms with van der Waals surface area (Å²) in [5, 5.41) is 14.3. The van der Waals surface area contributed by atoms with Crippen molar-refractivity contribution in [2.45, 2.75) is 39.3 Å². The molecule has 1 aromatic carbocycles. The molecule has 6 heteroatoms. The van der Waals surface area contributed by atoms with Crippen molar-refractivity contribution in [2.75, 3.05) is 0 Å². The first-order valence-electron chi connectivity index (χ1n) is 7.15. The van der Waals surface area contributed by atoms with Crippen LogP contribution in [0, 0.1) is 5.92 Å². The molecule has 0 aromatic heterocycles. The quantitative estimate of drug-likeness (QED) is 0.699. The number of benzene rings is 1. The lowest BCUT2D eigenvalue weighted by molar-refractivity contribution is -0.142. The van der Waals surface area contributed by atoms with Crippen LogP contribution in [0.15, 0.2) is 30.3 Å². The summed E-state index contributed by atoms with van der Waals surface area (Å²) in [6.07, 6.45) is 0.187. The number of carbonyl (C=O) groups excluding carboxylic acids is 2. The predicted octanol–water partition coefficient (Wildman–Crippen LogP) is 0.959. The molecule has 0 aliphatic carbocycles. The molecule has 0 heterocycles. The van der Waals surface area contributed by atoms with Crippen molar-refractivity contribution < 1.29 is 19.5 Å². The van der Waals surface area contributed by atoms with Crippen molar-refractivity contribution in [3.8, 4) is 0 Å². The maximum Gasteiger partial charge on any atom is 0.326 e. The second kappa shape index (κ2) is 8.17. The Hall–Kier alpha value is -2.37. The van der Waals surface area contributed by atoms with E-state index < -0.39 is 24.0 Å². The average molecular weight is 306 g/mol. The summed E-state index contributed by atoms with van der Waals surface area (Å²) < 4.78 is 0. The van der Waals surface area contributed by atoms with Gasteiger partial charge in [-0.2, -0.15) is 0 Å². The molecule has 0 spiro atoms. The van der Waals surface area contributed by atoms with Gasteiger partial charge in [-0.25, -0.2) is 4.79 Å². The number of carboxylic acid groups (broad SMARTS) is 1. The van der Waals surface area contributed by atoms with Crippen LogP contribution in [0.3, 0.4) is 0 Å². The van der Waals surface area contributed by atoms with Gasteiger partial charge in [-0.05, 0) is 11.5 Å². The molecule has 0 saturated carbocycles. The van der Waals surface area contributed by atoms with E-state index in [1.807, 2.05) is 18.2 Å². The highest BCUT2D eigenvalue weighted by Crippen LogP contribution is 2.06. The Kier molecular flexibility index (Phi) is 6.56. The van der Waals surface area contributed by atoms with E-state index in [0.29, 0.717) is 0 Å².